The Morgan fingerprint density at radius 1 is 1.45 bits per heavy atom. The van der Waals surface area contributed by atoms with Crippen molar-refractivity contribution in [1.82, 2.24) is 4.90 Å². The van der Waals surface area contributed by atoms with Gasteiger partial charge in [-0.3, -0.25) is 4.79 Å². The van der Waals surface area contributed by atoms with Gasteiger partial charge in [0.25, 0.3) is 5.91 Å². The number of carbonyl (C=O) groups excluding carboxylic acids is 1. The van der Waals surface area contributed by atoms with Gasteiger partial charge in [0.15, 0.2) is 5.76 Å². The fraction of sp³-hybridized carbons (Fsp3) is 0.438. The van der Waals surface area contributed by atoms with E-state index in [9.17, 15) is 4.79 Å². The quantitative estimate of drug-likeness (QED) is 0.794. The van der Waals surface area contributed by atoms with Crippen LogP contribution in [0, 0.1) is 12.8 Å². The van der Waals surface area contributed by atoms with Crippen molar-refractivity contribution in [2.24, 2.45) is 5.92 Å². The molecule has 1 atom stereocenters. The maximum absolute atomic E-state index is 12.5. The maximum atomic E-state index is 12.5. The van der Waals surface area contributed by atoms with Crippen LogP contribution < -0.4 is 0 Å². The number of fused-ring (bicyclic) bond motifs is 1. The topological polar surface area (TPSA) is 33.5 Å². The summed E-state index contributed by atoms with van der Waals surface area (Å²) in [6.07, 6.45) is 2.22. The van der Waals surface area contributed by atoms with E-state index in [4.69, 9.17) is 4.42 Å². The van der Waals surface area contributed by atoms with E-state index in [0.29, 0.717) is 11.7 Å². The Morgan fingerprint density at radius 3 is 3.10 bits per heavy atom. The lowest BCUT2D eigenvalue weighted by molar-refractivity contribution is 0.0758. The van der Waals surface area contributed by atoms with Crippen LogP contribution in [0.5, 0.6) is 0 Å². The van der Waals surface area contributed by atoms with Crippen molar-refractivity contribution in [3.05, 3.63) is 35.6 Å². The van der Waals surface area contributed by atoms with E-state index in [2.05, 4.69) is 15.9 Å². The molecule has 106 valence electrons. The molecule has 1 aromatic carbocycles. The molecular formula is C16H18BrNO2. The second kappa shape index (κ2) is 5.60. The lowest BCUT2D eigenvalue weighted by Gasteiger charge is -2.14. The van der Waals surface area contributed by atoms with E-state index in [1.165, 1.54) is 5.56 Å². The molecule has 0 aliphatic carbocycles. The average Bonchev–Trinajstić information content (AvgIpc) is 3.04. The van der Waals surface area contributed by atoms with Crippen LogP contribution in [0.4, 0.5) is 0 Å². The van der Waals surface area contributed by atoms with Gasteiger partial charge in [-0.1, -0.05) is 27.6 Å². The van der Waals surface area contributed by atoms with Crippen molar-refractivity contribution in [3.63, 3.8) is 0 Å². The molecule has 1 unspecified atom stereocenters. The van der Waals surface area contributed by atoms with E-state index in [-0.39, 0.29) is 5.91 Å². The first kappa shape index (κ1) is 13.7. The highest BCUT2D eigenvalue weighted by molar-refractivity contribution is 9.09. The number of rotatable bonds is 3. The molecular weight excluding hydrogens is 318 g/mol. The minimum atomic E-state index is 0.0240. The highest BCUT2D eigenvalue weighted by Gasteiger charge is 2.28. The van der Waals surface area contributed by atoms with Crippen LogP contribution >= 0.6 is 15.9 Å². The molecule has 2 heterocycles. The molecule has 4 heteroatoms. The summed E-state index contributed by atoms with van der Waals surface area (Å²) >= 11 is 3.47. The number of hydrogen-bond donors (Lipinski definition) is 0. The van der Waals surface area contributed by atoms with E-state index >= 15 is 0 Å². The van der Waals surface area contributed by atoms with Crippen molar-refractivity contribution >= 4 is 32.8 Å². The maximum Gasteiger partial charge on any atom is 0.289 e. The minimum Gasteiger partial charge on any atom is -0.451 e. The zero-order valence-electron chi connectivity index (χ0n) is 11.6. The van der Waals surface area contributed by atoms with Gasteiger partial charge in [-0.25, -0.2) is 0 Å². The molecule has 1 aliphatic rings. The lowest BCUT2D eigenvalue weighted by Crippen LogP contribution is -2.28. The molecule has 1 aliphatic heterocycles. The average molecular weight is 336 g/mol. The number of likely N-dealkylation sites (tertiary alicyclic amines) is 1. The summed E-state index contributed by atoms with van der Waals surface area (Å²) in [7, 11) is 0. The summed E-state index contributed by atoms with van der Waals surface area (Å²) in [6, 6.07) is 7.84. The third kappa shape index (κ3) is 2.62. The van der Waals surface area contributed by atoms with Crippen LogP contribution in [0.3, 0.4) is 0 Å². The minimum absolute atomic E-state index is 0.0240. The fourth-order valence-corrected chi connectivity index (χ4v) is 3.48. The molecule has 1 amide bonds. The van der Waals surface area contributed by atoms with Gasteiger partial charge in [0.2, 0.25) is 0 Å². The molecule has 0 spiro atoms. The van der Waals surface area contributed by atoms with E-state index < -0.39 is 0 Å². The van der Waals surface area contributed by atoms with Crippen molar-refractivity contribution in [2.75, 3.05) is 18.4 Å². The highest BCUT2D eigenvalue weighted by Crippen LogP contribution is 2.25. The second-order valence-corrected chi connectivity index (χ2v) is 6.33. The molecule has 3 nitrogen and oxygen atoms in total. The predicted molar refractivity (Wildman–Crippen MR) is 83.4 cm³/mol. The summed E-state index contributed by atoms with van der Waals surface area (Å²) in [5, 5.41) is 2.01. The van der Waals surface area contributed by atoms with Crippen LogP contribution in [0.1, 0.15) is 29.0 Å². The molecule has 3 rings (SSSR count). The van der Waals surface area contributed by atoms with Crippen molar-refractivity contribution in [2.45, 2.75) is 19.8 Å². The Labute approximate surface area is 127 Å². The zero-order valence-corrected chi connectivity index (χ0v) is 13.1. The SMILES string of the molecule is Cc1ccc2oc(C(=O)N3CCC(CCBr)C3)cc2c1. The van der Waals surface area contributed by atoms with Gasteiger partial charge in [0.05, 0.1) is 0 Å². The van der Waals surface area contributed by atoms with Crippen LogP contribution in [-0.4, -0.2) is 29.2 Å². The number of alkyl halides is 1. The molecule has 0 bridgehead atoms. The van der Waals surface area contributed by atoms with Gasteiger partial charge in [-0.15, -0.1) is 0 Å². The number of nitrogens with zero attached hydrogens (tertiary/aromatic N) is 1. The first-order chi connectivity index (χ1) is 9.67. The van der Waals surface area contributed by atoms with Crippen LogP contribution in [0.25, 0.3) is 11.0 Å². The number of halogens is 1. The standard InChI is InChI=1S/C16H18BrNO2/c1-11-2-3-14-13(8-11)9-15(20-14)16(19)18-7-5-12(10-18)4-6-17/h2-3,8-9,12H,4-7,10H2,1H3. The van der Waals surface area contributed by atoms with E-state index in [1.54, 1.807) is 0 Å². The number of furan rings is 1. The third-order valence-corrected chi connectivity index (χ3v) is 4.43. The smallest absolute Gasteiger partial charge is 0.289 e. The number of benzene rings is 1. The monoisotopic (exact) mass is 335 g/mol. The largest absolute Gasteiger partial charge is 0.451 e. The first-order valence-corrected chi connectivity index (χ1v) is 8.15. The Kier molecular flexibility index (Phi) is 3.83. The fourth-order valence-electron chi connectivity index (χ4n) is 2.83. The number of aryl methyl sites for hydroxylation is 1. The van der Waals surface area contributed by atoms with E-state index in [0.717, 1.165) is 42.2 Å². The molecule has 20 heavy (non-hydrogen) atoms. The summed E-state index contributed by atoms with van der Waals surface area (Å²) in [5.41, 5.74) is 1.96. The Balaban J connectivity index is 1.79. The van der Waals surface area contributed by atoms with Crippen LogP contribution in [0.15, 0.2) is 28.7 Å². The highest BCUT2D eigenvalue weighted by atomic mass is 79.9. The zero-order chi connectivity index (χ0) is 14.1. The third-order valence-electron chi connectivity index (χ3n) is 3.97. The van der Waals surface area contributed by atoms with Gasteiger partial charge < -0.3 is 9.32 Å². The summed E-state index contributed by atoms with van der Waals surface area (Å²) in [5.74, 6) is 1.10. The van der Waals surface area contributed by atoms with E-state index in [1.807, 2.05) is 36.1 Å². The van der Waals surface area contributed by atoms with Crippen LogP contribution in [0.2, 0.25) is 0 Å². The van der Waals surface area contributed by atoms with Crippen molar-refractivity contribution < 1.29 is 9.21 Å². The molecule has 0 saturated carbocycles. The number of carbonyl (C=O) groups is 1. The molecule has 1 aromatic heterocycles. The predicted octanol–water partition coefficient (Wildman–Crippen LogP) is 3.99. The lowest BCUT2D eigenvalue weighted by atomic mass is 10.1. The van der Waals surface area contributed by atoms with Crippen molar-refractivity contribution in [3.8, 4) is 0 Å². The number of amides is 1. The second-order valence-electron chi connectivity index (χ2n) is 5.54. The van der Waals surface area contributed by atoms with Gasteiger partial charge >= 0.3 is 0 Å². The van der Waals surface area contributed by atoms with Crippen LogP contribution in [-0.2, 0) is 0 Å². The molecule has 0 radical (unpaired) electrons. The molecule has 1 fully saturated rings. The Bertz CT molecular complexity index is 634. The van der Waals surface area contributed by atoms with Gasteiger partial charge in [0, 0.05) is 23.8 Å². The van der Waals surface area contributed by atoms with Gasteiger partial charge in [-0.05, 0) is 43.9 Å². The summed E-state index contributed by atoms with van der Waals surface area (Å²) in [4.78, 5) is 14.4. The Morgan fingerprint density at radius 2 is 2.30 bits per heavy atom. The molecule has 1 saturated heterocycles. The molecule has 0 N–H and O–H groups in total. The van der Waals surface area contributed by atoms with Crippen molar-refractivity contribution in [1.29, 1.82) is 0 Å². The Hall–Kier alpha value is -1.29. The van der Waals surface area contributed by atoms with Gasteiger partial charge in [0.1, 0.15) is 5.58 Å². The number of hydrogen-bond acceptors (Lipinski definition) is 2. The first-order valence-electron chi connectivity index (χ1n) is 7.03. The normalized spacial score (nSPS) is 18.9. The summed E-state index contributed by atoms with van der Waals surface area (Å²) in [6.45, 7) is 3.73. The summed E-state index contributed by atoms with van der Waals surface area (Å²) < 4.78 is 5.69. The van der Waals surface area contributed by atoms with Gasteiger partial charge in [-0.2, -0.15) is 0 Å². The molecule has 2 aromatic rings.